The number of amides is 2. The third-order valence-electron chi connectivity index (χ3n) is 4.28. The molecule has 0 bridgehead atoms. The number of hydrogen-bond acceptors (Lipinski definition) is 3. The fraction of sp³-hybridized carbons (Fsp3) is 0.263. The lowest BCUT2D eigenvalue weighted by atomic mass is 10.1. The lowest BCUT2D eigenvalue weighted by molar-refractivity contribution is -0.129. The van der Waals surface area contributed by atoms with Crippen molar-refractivity contribution in [1.29, 1.82) is 0 Å². The summed E-state index contributed by atoms with van der Waals surface area (Å²) in [7, 11) is 1.68. The second-order valence-corrected chi connectivity index (χ2v) is 5.95. The molecule has 6 heteroatoms. The van der Waals surface area contributed by atoms with Crippen molar-refractivity contribution in [2.75, 3.05) is 18.9 Å². The van der Waals surface area contributed by atoms with Crippen molar-refractivity contribution in [1.82, 2.24) is 4.90 Å². The molecule has 2 aromatic carbocycles. The quantitative estimate of drug-likeness (QED) is 0.847. The highest BCUT2D eigenvalue weighted by Crippen LogP contribution is 2.21. The Bertz CT molecular complexity index is 775. The van der Waals surface area contributed by atoms with Gasteiger partial charge in [0.25, 0.3) is 5.91 Å². The Balaban J connectivity index is 2.06. The van der Waals surface area contributed by atoms with Gasteiger partial charge in [-0.2, -0.15) is 0 Å². The number of hydrogen-bond donors (Lipinski definition) is 2. The van der Waals surface area contributed by atoms with Crippen LogP contribution in [0.3, 0.4) is 0 Å². The highest BCUT2D eigenvalue weighted by atomic mass is 19.1. The molecule has 0 heterocycles. The molecule has 0 saturated carbocycles. The van der Waals surface area contributed by atoms with Crippen LogP contribution >= 0.6 is 0 Å². The fourth-order valence-electron chi connectivity index (χ4n) is 2.62. The van der Waals surface area contributed by atoms with Gasteiger partial charge in [-0.15, -0.1) is 0 Å². The average molecular weight is 343 g/mol. The molecule has 2 aromatic rings. The molecular weight excluding hydrogens is 321 g/mol. The predicted molar refractivity (Wildman–Crippen MR) is 95.8 cm³/mol. The van der Waals surface area contributed by atoms with Crippen LogP contribution in [0.2, 0.25) is 0 Å². The van der Waals surface area contributed by atoms with Crippen molar-refractivity contribution in [3.63, 3.8) is 0 Å². The maximum absolute atomic E-state index is 13.0. The number of carbonyl (C=O) groups is 2. The second-order valence-electron chi connectivity index (χ2n) is 5.95. The second kappa shape index (κ2) is 7.79. The monoisotopic (exact) mass is 343 g/mol. The summed E-state index contributed by atoms with van der Waals surface area (Å²) in [4.78, 5) is 25.6. The van der Waals surface area contributed by atoms with Crippen LogP contribution < -0.4 is 11.1 Å². The zero-order valence-corrected chi connectivity index (χ0v) is 14.5. The van der Waals surface area contributed by atoms with E-state index in [4.69, 9.17) is 5.73 Å². The third-order valence-corrected chi connectivity index (χ3v) is 4.28. The Morgan fingerprint density at radius 3 is 2.44 bits per heavy atom. The molecule has 0 saturated heterocycles. The summed E-state index contributed by atoms with van der Waals surface area (Å²) in [5, 5.41) is 2.98. The van der Waals surface area contributed by atoms with Crippen LogP contribution in [-0.4, -0.2) is 30.3 Å². The summed E-state index contributed by atoms with van der Waals surface area (Å²) < 4.78 is 13.0. The topological polar surface area (TPSA) is 75.4 Å². The maximum atomic E-state index is 13.0. The van der Waals surface area contributed by atoms with Gasteiger partial charge in [-0.3, -0.25) is 9.59 Å². The molecule has 5 nitrogen and oxygen atoms in total. The lowest BCUT2D eigenvalue weighted by Crippen LogP contribution is -2.34. The first-order chi connectivity index (χ1) is 11.8. The van der Waals surface area contributed by atoms with E-state index >= 15 is 0 Å². The van der Waals surface area contributed by atoms with Gasteiger partial charge in [-0.05, 0) is 43.2 Å². The van der Waals surface area contributed by atoms with Gasteiger partial charge in [0.1, 0.15) is 5.82 Å². The van der Waals surface area contributed by atoms with Gasteiger partial charge in [-0.1, -0.05) is 24.3 Å². The van der Waals surface area contributed by atoms with Crippen molar-refractivity contribution in [2.24, 2.45) is 5.73 Å². The van der Waals surface area contributed by atoms with E-state index in [9.17, 15) is 14.0 Å². The molecular formula is C19H22FN3O2. The van der Waals surface area contributed by atoms with E-state index in [0.29, 0.717) is 11.3 Å². The molecule has 3 N–H and O–H groups in total. The smallest absolute Gasteiger partial charge is 0.251 e. The molecule has 1 unspecified atom stereocenters. The summed E-state index contributed by atoms with van der Waals surface area (Å²) in [5.74, 6) is -1.01. The van der Waals surface area contributed by atoms with Gasteiger partial charge in [0.15, 0.2) is 0 Å². The normalized spacial score (nSPS) is 11.7. The Labute approximate surface area is 146 Å². The van der Waals surface area contributed by atoms with Crippen LogP contribution in [0.25, 0.3) is 0 Å². The van der Waals surface area contributed by atoms with Crippen molar-refractivity contribution >= 4 is 17.5 Å². The van der Waals surface area contributed by atoms with E-state index in [1.165, 1.54) is 12.1 Å². The number of primary amides is 1. The van der Waals surface area contributed by atoms with Gasteiger partial charge in [-0.25, -0.2) is 4.39 Å². The number of anilines is 1. The van der Waals surface area contributed by atoms with Crippen LogP contribution in [0.1, 0.15) is 34.5 Å². The number of likely N-dealkylation sites (N-methyl/N-ethyl adjacent to an activating group) is 1. The van der Waals surface area contributed by atoms with Gasteiger partial charge in [0, 0.05) is 12.7 Å². The number of nitrogens with zero attached hydrogens (tertiary/aromatic N) is 1. The Hall–Kier alpha value is -2.89. The van der Waals surface area contributed by atoms with Crippen LogP contribution in [0.4, 0.5) is 10.1 Å². The number of nitrogens with one attached hydrogen (secondary N) is 1. The van der Waals surface area contributed by atoms with E-state index in [1.54, 1.807) is 49.2 Å². The largest absolute Gasteiger partial charge is 0.375 e. The van der Waals surface area contributed by atoms with Gasteiger partial charge < -0.3 is 16.0 Å². The standard InChI is InChI=1S/C19H22FN3O2/c1-12-5-4-6-16(18(12)19(21)25)22-11-17(24)23(3)13(2)14-7-9-15(20)10-8-14/h4-10,13,22H,11H2,1-3H3,(H2,21,25). The minimum absolute atomic E-state index is 0.0196. The van der Waals surface area contributed by atoms with Crippen LogP contribution in [0.15, 0.2) is 42.5 Å². The molecule has 0 aliphatic carbocycles. The highest BCUT2D eigenvalue weighted by Gasteiger charge is 2.18. The molecule has 2 rings (SSSR count). The third kappa shape index (κ3) is 4.35. The Kier molecular flexibility index (Phi) is 5.75. The number of carbonyl (C=O) groups excluding carboxylic acids is 2. The molecule has 25 heavy (non-hydrogen) atoms. The van der Waals surface area contributed by atoms with E-state index in [2.05, 4.69) is 5.32 Å². The summed E-state index contributed by atoms with van der Waals surface area (Å²) >= 11 is 0. The molecule has 0 aliphatic rings. The first-order valence-electron chi connectivity index (χ1n) is 7.95. The molecule has 0 spiro atoms. The van der Waals surface area contributed by atoms with Crippen molar-refractivity contribution in [3.8, 4) is 0 Å². The fourth-order valence-corrected chi connectivity index (χ4v) is 2.62. The predicted octanol–water partition coefficient (Wildman–Crippen LogP) is 2.86. The summed E-state index contributed by atoms with van der Waals surface area (Å²) in [5.41, 5.74) is 7.91. The summed E-state index contributed by atoms with van der Waals surface area (Å²) in [6.07, 6.45) is 0. The summed E-state index contributed by atoms with van der Waals surface area (Å²) in [6.45, 7) is 3.67. The number of rotatable bonds is 6. The molecule has 0 aliphatic heterocycles. The average Bonchev–Trinajstić information content (AvgIpc) is 2.58. The Morgan fingerprint density at radius 1 is 1.20 bits per heavy atom. The number of nitrogens with two attached hydrogens (primary N) is 1. The molecule has 2 amide bonds. The van der Waals surface area contributed by atoms with Crippen LogP contribution in [0.5, 0.6) is 0 Å². The molecule has 132 valence electrons. The van der Waals surface area contributed by atoms with Crippen molar-refractivity contribution in [2.45, 2.75) is 19.9 Å². The first kappa shape index (κ1) is 18.4. The van der Waals surface area contributed by atoms with E-state index in [1.807, 2.05) is 6.92 Å². The minimum atomic E-state index is -0.541. The number of aryl methyl sites for hydroxylation is 1. The first-order valence-corrected chi connectivity index (χ1v) is 7.95. The van der Waals surface area contributed by atoms with Crippen molar-refractivity contribution < 1.29 is 14.0 Å². The van der Waals surface area contributed by atoms with E-state index in [0.717, 1.165) is 11.1 Å². The van der Waals surface area contributed by atoms with Crippen molar-refractivity contribution in [3.05, 3.63) is 65.0 Å². The SMILES string of the molecule is Cc1cccc(NCC(=O)N(C)C(C)c2ccc(F)cc2)c1C(N)=O. The number of benzene rings is 2. The van der Waals surface area contributed by atoms with Gasteiger partial charge >= 0.3 is 0 Å². The maximum Gasteiger partial charge on any atom is 0.251 e. The highest BCUT2D eigenvalue weighted by molar-refractivity contribution is 6.00. The zero-order chi connectivity index (χ0) is 18.6. The van der Waals surface area contributed by atoms with Gasteiger partial charge in [0.05, 0.1) is 18.2 Å². The zero-order valence-electron chi connectivity index (χ0n) is 14.5. The lowest BCUT2D eigenvalue weighted by Gasteiger charge is -2.26. The molecule has 0 aromatic heterocycles. The summed E-state index contributed by atoms with van der Waals surface area (Å²) in [6, 6.07) is 11.1. The molecule has 1 atom stereocenters. The number of halogens is 1. The molecule has 0 fully saturated rings. The van der Waals surface area contributed by atoms with E-state index in [-0.39, 0.29) is 24.3 Å². The minimum Gasteiger partial charge on any atom is -0.375 e. The van der Waals surface area contributed by atoms with Crippen LogP contribution in [-0.2, 0) is 4.79 Å². The van der Waals surface area contributed by atoms with Crippen LogP contribution in [0, 0.1) is 12.7 Å². The van der Waals surface area contributed by atoms with Gasteiger partial charge in [0.2, 0.25) is 5.91 Å². The van der Waals surface area contributed by atoms with E-state index < -0.39 is 5.91 Å². The molecule has 0 radical (unpaired) electrons. The Morgan fingerprint density at radius 2 is 1.84 bits per heavy atom.